The Balaban J connectivity index is 1.35. The second kappa shape index (κ2) is 12.8. The SMILES string of the molecule is Cc1cc2c3c(c1)N(c1ccccc1-c1ccccc1)c1c(oc4ccc(C(C)(C)C)cc14)B3c1cc3c(cc1N2c1ccc(C(C)(C)C)cc1)C(C)(C)CCC3(C)C. The minimum Gasteiger partial charge on any atom is -0.468 e. The fourth-order valence-electron chi connectivity index (χ4n) is 10.3. The monoisotopic (exact) mass is 772 g/mol. The highest BCUT2D eigenvalue weighted by Gasteiger charge is 2.49. The van der Waals surface area contributed by atoms with Crippen molar-refractivity contribution in [2.45, 2.75) is 111 Å². The van der Waals surface area contributed by atoms with Gasteiger partial charge < -0.3 is 14.2 Å². The third-order valence-electron chi connectivity index (χ3n) is 13.9. The maximum Gasteiger partial charge on any atom is 0.297 e. The largest absolute Gasteiger partial charge is 0.468 e. The molecule has 1 aliphatic carbocycles. The van der Waals surface area contributed by atoms with Crippen LogP contribution in [0, 0.1) is 6.92 Å². The van der Waals surface area contributed by atoms with Crippen LogP contribution in [0.4, 0.5) is 34.1 Å². The van der Waals surface area contributed by atoms with Crippen LogP contribution in [-0.4, -0.2) is 6.71 Å². The van der Waals surface area contributed by atoms with Gasteiger partial charge in [0, 0.05) is 33.7 Å². The highest BCUT2D eigenvalue weighted by molar-refractivity contribution is 7.00. The Morgan fingerprint density at radius 3 is 1.83 bits per heavy atom. The Labute approximate surface area is 352 Å². The summed E-state index contributed by atoms with van der Waals surface area (Å²) in [6, 6.07) is 46.1. The second-order valence-corrected chi connectivity index (χ2v) is 21.0. The lowest BCUT2D eigenvalue weighted by atomic mass is 9.35. The number of rotatable bonds is 3. The molecule has 0 spiro atoms. The second-order valence-electron chi connectivity index (χ2n) is 21.0. The molecule has 0 N–H and O–H groups in total. The first kappa shape index (κ1) is 37.8. The van der Waals surface area contributed by atoms with Crippen LogP contribution in [0.25, 0.3) is 22.1 Å². The zero-order valence-electron chi connectivity index (χ0n) is 36.8. The average molecular weight is 773 g/mol. The zero-order chi connectivity index (χ0) is 41.4. The number of hydrogen-bond acceptors (Lipinski definition) is 3. The number of aryl methyl sites for hydroxylation is 1. The summed E-state index contributed by atoms with van der Waals surface area (Å²) < 4.78 is 7.36. The van der Waals surface area contributed by atoms with Gasteiger partial charge in [0.1, 0.15) is 5.58 Å². The molecule has 0 amide bonds. The predicted octanol–water partition coefficient (Wildman–Crippen LogP) is 13.4. The van der Waals surface area contributed by atoms with Gasteiger partial charge in [-0.25, -0.2) is 0 Å². The summed E-state index contributed by atoms with van der Waals surface area (Å²) in [6.07, 6.45) is 2.32. The van der Waals surface area contributed by atoms with Crippen molar-refractivity contribution in [2.24, 2.45) is 0 Å². The van der Waals surface area contributed by atoms with E-state index in [0.717, 1.165) is 40.8 Å². The lowest BCUT2D eigenvalue weighted by Crippen LogP contribution is -2.61. The standard InChI is InChI=1S/C55H57BN2O/c1-34-29-46-49-47(30-34)58(44-20-16-15-19-39(44)35-17-13-12-14-18-35)50-40-31-37(53(5,6)7)23-26-48(40)59-51(50)56(49)43-32-41-42(55(10,11)28-27-54(41,8)9)33-45(43)57(46)38-24-21-36(22-25-38)52(2,3)4/h12-26,29-33H,27-28H2,1-11H3. The summed E-state index contributed by atoms with van der Waals surface area (Å²) in [5.41, 5.74) is 21.0. The Hall–Kier alpha value is -5.48. The summed E-state index contributed by atoms with van der Waals surface area (Å²) in [5.74, 6) is 0. The van der Waals surface area contributed by atoms with Gasteiger partial charge in [-0.1, -0.05) is 142 Å². The van der Waals surface area contributed by atoms with E-state index in [0.29, 0.717) is 0 Å². The van der Waals surface area contributed by atoms with Crippen LogP contribution >= 0.6 is 0 Å². The topological polar surface area (TPSA) is 19.6 Å². The van der Waals surface area contributed by atoms with Crippen LogP contribution in [0.2, 0.25) is 0 Å². The van der Waals surface area contributed by atoms with Gasteiger partial charge in [0.15, 0.2) is 0 Å². The Bertz CT molecular complexity index is 2810. The number of fused-ring (bicyclic) bond motifs is 7. The minimum absolute atomic E-state index is 0.0284. The molecule has 2 aliphatic heterocycles. The molecule has 4 heteroatoms. The van der Waals surface area contributed by atoms with E-state index in [1.165, 1.54) is 72.6 Å². The maximum absolute atomic E-state index is 7.36. The summed E-state index contributed by atoms with van der Waals surface area (Å²) in [6.45, 7) is 25.8. The molecule has 0 fully saturated rings. The summed E-state index contributed by atoms with van der Waals surface area (Å²) in [7, 11) is 0. The van der Waals surface area contributed by atoms with Crippen molar-refractivity contribution in [1.82, 2.24) is 0 Å². The van der Waals surface area contributed by atoms with Crippen molar-refractivity contribution in [1.29, 1.82) is 0 Å². The van der Waals surface area contributed by atoms with E-state index in [4.69, 9.17) is 4.42 Å². The van der Waals surface area contributed by atoms with Crippen molar-refractivity contribution in [3.63, 3.8) is 0 Å². The van der Waals surface area contributed by atoms with Crippen LogP contribution < -0.4 is 26.4 Å². The summed E-state index contributed by atoms with van der Waals surface area (Å²) >= 11 is 0. The molecule has 1 aromatic heterocycles. The molecule has 6 aromatic carbocycles. The average Bonchev–Trinajstić information content (AvgIpc) is 3.57. The van der Waals surface area contributed by atoms with Gasteiger partial charge in [0.2, 0.25) is 0 Å². The smallest absolute Gasteiger partial charge is 0.297 e. The molecule has 3 nitrogen and oxygen atoms in total. The fourth-order valence-corrected chi connectivity index (χ4v) is 10.3. The number of hydrogen-bond donors (Lipinski definition) is 0. The molecule has 0 atom stereocenters. The maximum atomic E-state index is 7.36. The Morgan fingerprint density at radius 2 is 1.17 bits per heavy atom. The molecule has 0 saturated heterocycles. The molecule has 10 rings (SSSR count). The summed E-state index contributed by atoms with van der Waals surface area (Å²) in [4.78, 5) is 5.13. The molecule has 0 unspecified atom stereocenters. The van der Waals surface area contributed by atoms with Crippen LogP contribution in [-0.2, 0) is 21.7 Å². The van der Waals surface area contributed by atoms with Gasteiger partial charge in [0.05, 0.1) is 17.0 Å². The van der Waals surface area contributed by atoms with E-state index in [9.17, 15) is 0 Å². The van der Waals surface area contributed by atoms with Gasteiger partial charge >= 0.3 is 0 Å². The number of furan rings is 1. The lowest BCUT2D eigenvalue weighted by molar-refractivity contribution is 0.332. The van der Waals surface area contributed by atoms with E-state index >= 15 is 0 Å². The molecular formula is C55H57BN2O. The van der Waals surface area contributed by atoms with Crippen molar-refractivity contribution in [2.75, 3.05) is 9.80 Å². The number of benzene rings is 6. The van der Waals surface area contributed by atoms with Gasteiger partial charge in [-0.05, 0) is 134 Å². The van der Waals surface area contributed by atoms with E-state index in [1.807, 2.05) is 0 Å². The molecule has 0 saturated carbocycles. The number of nitrogens with zero attached hydrogens (tertiary/aromatic N) is 2. The lowest BCUT2D eigenvalue weighted by Gasteiger charge is -2.46. The number of anilines is 6. The first-order valence-corrected chi connectivity index (χ1v) is 21.7. The van der Waals surface area contributed by atoms with Crippen molar-refractivity contribution < 1.29 is 4.42 Å². The molecular weight excluding hydrogens is 715 g/mol. The van der Waals surface area contributed by atoms with Gasteiger partial charge in [0.25, 0.3) is 6.71 Å². The molecule has 296 valence electrons. The molecule has 0 bridgehead atoms. The highest BCUT2D eigenvalue weighted by atomic mass is 16.3. The molecule has 0 radical (unpaired) electrons. The summed E-state index contributed by atoms with van der Waals surface area (Å²) in [5, 5.41) is 1.16. The Kier molecular flexibility index (Phi) is 8.17. The first-order chi connectivity index (χ1) is 27.9. The quantitative estimate of drug-likeness (QED) is 0.167. The van der Waals surface area contributed by atoms with Crippen LogP contribution in [0.5, 0.6) is 0 Å². The molecule has 7 aromatic rings. The van der Waals surface area contributed by atoms with E-state index < -0.39 is 0 Å². The van der Waals surface area contributed by atoms with Gasteiger partial charge in [-0.15, -0.1) is 0 Å². The third kappa shape index (κ3) is 5.84. The normalized spacial score (nSPS) is 16.4. The van der Waals surface area contributed by atoms with Crippen molar-refractivity contribution >= 4 is 68.4 Å². The number of para-hydroxylation sites is 1. The third-order valence-corrected chi connectivity index (χ3v) is 13.9. The minimum atomic E-state index is -0.104. The van der Waals surface area contributed by atoms with Crippen molar-refractivity contribution in [3.8, 4) is 11.1 Å². The van der Waals surface area contributed by atoms with Gasteiger partial charge in [-0.3, -0.25) is 0 Å². The molecule has 3 heterocycles. The fraction of sp³-hybridized carbons (Fsp3) is 0.309. The van der Waals surface area contributed by atoms with Gasteiger partial charge in [-0.2, -0.15) is 0 Å². The van der Waals surface area contributed by atoms with E-state index in [-0.39, 0.29) is 28.4 Å². The molecule has 59 heavy (non-hydrogen) atoms. The van der Waals surface area contributed by atoms with E-state index in [2.05, 4.69) is 207 Å². The van der Waals surface area contributed by atoms with Crippen LogP contribution in [0.1, 0.15) is 110 Å². The predicted molar refractivity (Wildman–Crippen MR) is 253 cm³/mol. The van der Waals surface area contributed by atoms with Crippen LogP contribution in [0.3, 0.4) is 0 Å². The van der Waals surface area contributed by atoms with Crippen LogP contribution in [0.15, 0.2) is 126 Å². The first-order valence-electron chi connectivity index (χ1n) is 21.7. The van der Waals surface area contributed by atoms with Crippen molar-refractivity contribution in [3.05, 3.63) is 149 Å². The van der Waals surface area contributed by atoms with E-state index in [1.54, 1.807) is 0 Å². The Morgan fingerprint density at radius 1 is 0.576 bits per heavy atom. The zero-order valence-corrected chi connectivity index (χ0v) is 36.8. The highest BCUT2D eigenvalue weighted by Crippen LogP contribution is 2.52. The molecule has 3 aliphatic rings.